The fourth-order valence-electron chi connectivity index (χ4n) is 1.59. The topological polar surface area (TPSA) is 53.1 Å². The zero-order chi connectivity index (χ0) is 11.2. The van der Waals surface area contributed by atoms with E-state index in [9.17, 15) is 9.18 Å². The van der Waals surface area contributed by atoms with Gasteiger partial charge >= 0.3 is 5.97 Å². The minimum Gasteiger partial charge on any atom is -0.477 e. The molecule has 0 amide bonds. The molecule has 0 radical (unpaired) electrons. The van der Waals surface area contributed by atoms with Crippen molar-refractivity contribution in [2.75, 3.05) is 0 Å². The first kappa shape index (κ1) is 9.98. The van der Waals surface area contributed by atoms with E-state index in [2.05, 4.69) is 4.98 Å². The zero-order valence-electron chi connectivity index (χ0n) is 7.77. The summed E-state index contributed by atoms with van der Waals surface area (Å²) >= 11 is 5.76. The van der Waals surface area contributed by atoms with Crippen molar-refractivity contribution < 1.29 is 14.3 Å². The van der Waals surface area contributed by atoms with Gasteiger partial charge in [-0.2, -0.15) is 0 Å². The van der Waals surface area contributed by atoms with E-state index < -0.39 is 11.8 Å². The normalized spacial score (nSPS) is 10.9. The van der Waals surface area contributed by atoms with Crippen molar-refractivity contribution in [1.29, 1.82) is 0 Å². The predicted octanol–water partition coefficient (Wildman–Crippen LogP) is 2.97. The number of carboxylic acid groups (broad SMARTS) is 1. The SMILES string of the molecule is Cc1c(C(=O)O)[nH]c2ccc(F)c(Cl)c12. The average molecular weight is 228 g/mol. The van der Waals surface area contributed by atoms with E-state index in [0.29, 0.717) is 16.5 Å². The number of fused-ring (bicyclic) bond motifs is 1. The molecule has 0 fully saturated rings. The van der Waals surface area contributed by atoms with Crippen molar-refractivity contribution in [3.8, 4) is 0 Å². The highest BCUT2D eigenvalue weighted by Gasteiger charge is 2.17. The predicted molar refractivity (Wildman–Crippen MR) is 55.0 cm³/mol. The summed E-state index contributed by atoms with van der Waals surface area (Å²) in [5.41, 5.74) is 1.01. The maximum Gasteiger partial charge on any atom is 0.352 e. The molecule has 0 bridgehead atoms. The van der Waals surface area contributed by atoms with Crippen LogP contribution in [0.2, 0.25) is 5.02 Å². The van der Waals surface area contributed by atoms with Gasteiger partial charge in [-0.15, -0.1) is 0 Å². The fraction of sp³-hybridized carbons (Fsp3) is 0.100. The van der Waals surface area contributed by atoms with E-state index in [1.807, 2.05) is 0 Å². The summed E-state index contributed by atoms with van der Waals surface area (Å²) in [6.07, 6.45) is 0. The molecule has 0 saturated carbocycles. The van der Waals surface area contributed by atoms with Gasteiger partial charge in [-0.05, 0) is 24.6 Å². The van der Waals surface area contributed by atoms with Gasteiger partial charge in [-0.3, -0.25) is 0 Å². The standard InChI is InChI=1S/C10H7ClFNO2/c1-4-7-6(13-9(4)10(14)15)3-2-5(12)8(7)11/h2-3,13H,1H3,(H,14,15). The Morgan fingerprint density at radius 3 is 2.80 bits per heavy atom. The van der Waals surface area contributed by atoms with Gasteiger partial charge in [0.2, 0.25) is 0 Å². The third kappa shape index (κ3) is 1.37. The van der Waals surface area contributed by atoms with Gasteiger partial charge in [0.15, 0.2) is 0 Å². The fourth-order valence-corrected chi connectivity index (χ4v) is 1.90. The van der Waals surface area contributed by atoms with Crippen molar-refractivity contribution in [2.24, 2.45) is 0 Å². The van der Waals surface area contributed by atoms with Gasteiger partial charge in [-0.1, -0.05) is 11.6 Å². The summed E-state index contributed by atoms with van der Waals surface area (Å²) in [5.74, 6) is -1.64. The Kier molecular flexibility index (Phi) is 2.16. The van der Waals surface area contributed by atoms with Crippen LogP contribution in [0.5, 0.6) is 0 Å². The minimum absolute atomic E-state index is 0.0394. The highest BCUT2D eigenvalue weighted by molar-refractivity contribution is 6.36. The van der Waals surface area contributed by atoms with E-state index in [0.717, 1.165) is 0 Å². The Balaban J connectivity index is 2.89. The lowest BCUT2D eigenvalue weighted by Gasteiger charge is -1.96. The van der Waals surface area contributed by atoms with Crippen LogP contribution in [0.25, 0.3) is 10.9 Å². The van der Waals surface area contributed by atoms with Crippen LogP contribution >= 0.6 is 11.6 Å². The lowest BCUT2D eigenvalue weighted by molar-refractivity contribution is 0.0691. The molecule has 1 heterocycles. The van der Waals surface area contributed by atoms with Crippen LogP contribution < -0.4 is 0 Å². The lowest BCUT2D eigenvalue weighted by Crippen LogP contribution is -1.98. The molecule has 0 unspecified atom stereocenters. The molecule has 1 aromatic carbocycles. The smallest absolute Gasteiger partial charge is 0.352 e. The first-order chi connectivity index (χ1) is 7.02. The molecule has 3 nitrogen and oxygen atoms in total. The van der Waals surface area contributed by atoms with Crippen molar-refractivity contribution in [1.82, 2.24) is 4.98 Å². The zero-order valence-corrected chi connectivity index (χ0v) is 8.52. The molecule has 0 aliphatic heterocycles. The second kappa shape index (κ2) is 3.24. The summed E-state index contributed by atoms with van der Waals surface area (Å²) in [5, 5.41) is 9.24. The number of hydrogen-bond donors (Lipinski definition) is 2. The van der Waals surface area contributed by atoms with Crippen molar-refractivity contribution in [3.63, 3.8) is 0 Å². The van der Waals surface area contributed by atoms with Gasteiger partial charge in [0, 0.05) is 10.9 Å². The third-order valence-electron chi connectivity index (χ3n) is 2.32. The first-order valence-electron chi connectivity index (χ1n) is 4.22. The van der Waals surface area contributed by atoms with E-state index >= 15 is 0 Å². The Bertz CT molecular complexity index is 562. The van der Waals surface area contributed by atoms with Crippen LogP contribution in [0.15, 0.2) is 12.1 Å². The number of benzene rings is 1. The maximum absolute atomic E-state index is 13.1. The quantitative estimate of drug-likeness (QED) is 0.787. The molecule has 0 aliphatic rings. The van der Waals surface area contributed by atoms with E-state index in [-0.39, 0.29) is 10.7 Å². The van der Waals surface area contributed by atoms with Crippen LogP contribution in [0.3, 0.4) is 0 Å². The van der Waals surface area contributed by atoms with Crippen LogP contribution in [0, 0.1) is 12.7 Å². The van der Waals surface area contributed by atoms with Crippen LogP contribution in [-0.4, -0.2) is 16.1 Å². The van der Waals surface area contributed by atoms with Gasteiger partial charge in [0.1, 0.15) is 11.5 Å². The van der Waals surface area contributed by atoms with Gasteiger partial charge < -0.3 is 10.1 Å². The Labute approximate surface area is 89.5 Å². The monoisotopic (exact) mass is 227 g/mol. The number of aryl methyl sites for hydroxylation is 1. The van der Waals surface area contributed by atoms with Crippen LogP contribution in [0.1, 0.15) is 16.1 Å². The number of carbonyl (C=O) groups is 1. The molecule has 0 aliphatic carbocycles. The molecule has 15 heavy (non-hydrogen) atoms. The lowest BCUT2D eigenvalue weighted by atomic mass is 10.1. The number of halogens is 2. The number of H-pyrrole nitrogens is 1. The highest BCUT2D eigenvalue weighted by atomic mass is 35.5. The average Bonchev–Trinajstić information content (AvgIpc) is 2.50. The van der Waals surface area contributed by atoms with Gasteiger partial charge in [-0.25, -0.2) is 9.18 Å². The first-order valence-corrected chi connectivity index (χ1v) is 4.59. The van der Waals surface area contributed by atoms with Crippen LogP contribution in [0.4, 0.5) is 4.39 Å². The minimum atomic E-state index is -1.08. The number of aromatic nitrogens is 1. The molecule has 2 aromatic rings. The second-order valence-electron chi connectivity index (χ2n) is 3.21. The molecule has 2 rings (SSSR count). The van der Waals surface area contributed by atoms with Crippen LogP contribution in [-0.2, 0) is 0 Å². The Morgan fingerprint density at radius 1 is 1.53 bits per heavy atom. The summed E-state index contributed by atoms with van der Waals surface area (Å²) in [6, 6.07) is 2.67. The van der Waals surface area contributed by atoms with E-state index in [1.165, 1.54) is 12.1 Å². The summed E-state index contributed by atoms with van der Waals surface area (Å²) in [6.45, 7) is 1.59. The molecule has 78 valence electrons. The molecular weight excluding hydrogens is 221 g/mol. The largest absolute Gasteiger partial charge is 0.477 e. The Morgan fingerprint density at radius 2 is 2.20 bits per heavy atom. The highest BCUT2D eigenvalue weighted by Crippen LogP contribution is 2.30. The number of rotatable bonds is 1. The van der Waals surface area contributed by atoms with E-state index in [4.69, 9.17) is 16.7 Å². The van der Waals surface area contributed by atoms with E-state index in [1.54, 1.807) is 6.92 Å². The number of aromatic carboxylic acids is 1. The summed E-state index contributed by atoms with van der Waals surface area (Å²) in [4.78, 5) is 13.5. The maximum atomic E-state index is 13.1. The van der Waals surface area contributed by atoms with Crippen molar-refractivity contribution in [2.45, 2.75) is 6.92 Å². The molecule has 0 spiro atoms. The molecular formula is C10H7ClFNO2. The van der Waals surface area contributed by atoms with Crippen molar-refractivity contribution >= 4 is 28.5 Å². The number of aromatic amines is 1. The number of hydrogen-bond acceptors (Lipinski definition) is 1. The number of carboxylic acids is 1. The van der Waals surface area contributed by atoms with Crippen molar-refractivity contribution in [3.05, 3.63) is 34.2 Å². The molecule has 0 saturated heterocycles. The number of nitrogens with one attached hydrogen (secondary N) is 1. The summed E-state index contributed by atoms with van der Waals surface area (Å²) < 4.78 is 13.1. The molecule has 2 N–H and O–H groups in total. The Hall–Kier alpha value is -1.55. The van der Waals surface area contributed by atoms with Gasteiger partial charge in [0.05, 0.1) is 5.02 Å². The second-order valence-corrected chi connectivity index (χ2v) is 3.59. The summed E-state index contributed by atoms with van der Waals surface area (Å²) in [7, 11) is 0. The molecule has 0 atom stereocenters. The third-order valence-corrected chi connectivity index (χ3v) is 2.69. The van der Waals surface area contributed by atoms with Gasteiger partial charge in [0.25, 0.3) is 0 Å². The molecule has 1 aromatic heterocycles. The molecule has 5 heteroatoms.